The number of urea groups is 1. The van der Waals surface area contributed by atoms with E-state index in [4.69, 9.17) is 0 Å². The number of hydrogen-bond donors (Lipinski definition) is 3. The lowest BCUT2D eigenvalue weighted by atomic mass is 10.3. The van der Waals surface area contributed by atoms with E-state index in [1.54, 1.807) is 13.8 Å². The van der Waals surface area contributed by atoms with E-state index in [2.05, 4.69) is 16.0 Å². The minimum absolute atomic E-state index is 0.0267. The summed E-state index contributed by atoms with van der Waals surface area (Å²) < 4.78 is 22.3. The van der Waals surface area contributed by atoms with Crippen molar-refractivity contribution in [2.75, 3.05) is 25.1 Å². The molecule has 0 aromatic carbocycles. The van der Waals surface area contributed by atoms with E-state index in [-0.39, 0.29) is 18.1 Å². The fraction of sp³-hybridized carbons (Fsp3) is 0.778. The molecular formula is C9H19N3O4S. The van der Waals surface area contributed by atoms with E-state index >= 15 is 0 Å². The van der Waals surface area contributed by atoms with Crippen molar-refractivity contribution in [3.63, 3.8) is 0 Å². The van der Waals surface area contributed by atoms with Gasteiger partial charge in [0.25, 0.3) is 0 Å². The second-order valence-corrected chi connectivity index (χ2v) is 5.95. The first-order chi connectivity index (χ1) is 7.82. The minimum atomic E-state index is -3.04. The SMILES string of the molecule is CCS(=O)(=O)CCNC(C)C(=O)NC(=O)NC. The first kappa shape index (κ1) is 15.9. The van der Waals surface area contributed by atoms with Gasteiger partial charge in [-0.05, 0) is 6.92 Å². The van der Waals surface area contributed by atoms with Crippen molar-refractivity contribution in [1.82, 2.24) is 16.0 Å². The lowest BCUT2D eigenvalue weighted by Gasteiger charge is -2.12. The largest absolute Gasteiger partial charge is 0.341 e. The summed E-state index contributed by atoms with van der Waals surface area (Å²) in [5.74, 6) is -0.451. The van der Waals surface area contributed by atoms with Crippen molar-refractivity contribution in [2.45, 2.75) is 19.9 Å². The molecule has 0 aliphatic heterocycles. The molecule has 17 heavy (non-hydrogen) atoms. The molecule has 1 unspecified atom stereocenters. The maximum Gasteiger partial charge on any atom is 0.321 e. The van der Waals surface area contributed by atoms with Crippen molar-refractivity contribution >= 4 is 21.8 Å². The number of sulfone groups is 1. The van der Waals surface area contributed by atoms with Crippen LogP contribution in [-0.4, -0.2) is 51.5 Å². The normalized spacial score (nSPS) is 12.9. The highest BCUT2D eigenvalue weighted by Crippen LogP contribution is 1.89. The topological polar surface area (TPSA) is 104 Å². The van der Waals surface area contributed by atoms with Crippen LogP contribution in [0.15, 0.2) is 0 Å². The summed E-state index contributed by atoms with van der Waals surface area (Å²) in [7, 11) is -1.64. The number of imide groups is 1. The van der Waals surface area contributed by atoms with Crippen LogP contribution in [0.5, 0.6) is 0 Å². The Balaban J connectivity index is 3.98. The van der Waals surface area contributed by atoms with Gasteiger partial charge in [0, 0.05) is 19.3 Å². The Morgan fingerprint density at radius 3 is 2.35 bits per heavy atom. The average molecular weight is 265 g/mol. The molecule has 0 aromatic rings. The van der Waals surface area contributed by atoms with Gasteiger partial charge >= 0.3 is 6.03 Å². The highest BCUT2D eigenvalue weighted by molar-refractivity contribution is 7.91. The van der Waals surface area contributed by atoms with Gasteiger partial charge in [-0.3, -0.25) is 10.1 Å². The van der Waals surface area contributed by atoms with Gasteiger partial charge in [0.05, 0.1) is 11.8 Å². The van der Waals surface area contributed by atoms with Crippen LogP contribution in [0.25, 0.3) is 0 Å². The van der Waals surface area contributed by atoms with Crippen LogP contribution >= 0.6 is 0 Å². The molecule has 0 aromatic heterocycles. The van der Waals surface area contributed by atoms with Crippen LogP contribution < -0.4 is 16.0 Å². The molecule has 0 saturated carbocycles. The van der Waals surface area contributed by atoms with Crippen molar-refractivity contribution in [2.24, 2.45) is 0 Å². The summed E-state index contributed by atoms with van der Waals surface area (Å²) in [4.78, 5) is 22.2. The molecular weight excluding hydrogens is 246 g/mol. The van der Waals surface area contributed by atoms with Gasteiger partial charge in [-0.25, -0.2) is 13.2 Å². The summed E-state index contributed by atoms with van der Waals surface area (Å²) in [6.07, 6.45) is 0. The van der Waals surface area contributed by atoms with E-state index in [1.807, 2.05) is 0 Å². The van der Waals surface area contributed by atoms with E-state index in [1.165, 1.54) is 7.05 Å². The molecule has 0 aliphatic rings. The molecule has 0 fully saturated rings. The summed E-state index contributed by atoms with van der Waals surface area (Å²) in [5.41, 5.74) is 0. The van der Waals surface area contributed by atoms with Gasteiger partial charge in [0.2, 0.25) is 5.91 Å². The monoisotopic (exact) mass is 265 g/mol. The first-order valence-corrected chi connectivity index (χ1v) is 7.11. The minimum Gasteiger partial charge on any atom is -0.341 e. The predicted octanol–water partition coefficient (Wildman–Crippen LogP) is -1.15. The quantitative estimate of drug-likeness (QED) is 0.563. The van der Waals surface area contributed by atoms with E-state index < -0.39 is 27.8 Å². The Labute approximate surface area is 101 Å². The zero-order valence-electron chi connectivity index (χ0n) is 10.2. The zero-order valence-corrected chi connectivity index (χ0v) is 11.1. The number of carbonyl (C=O) groups is 2. The lowest BCUT2D eigenvalue weighted by Crippen LogP contribution is -2.48. The maximum atomic E-state index is 11.4. The smallest absolute Gasteiger partial charge is 0.321 e. The lowest BCUT2D eigenvalue weighted by molar-refractivity contribution is -0.121. The third kappa shape index (κ3) is 6.90. The number of carbonyl (C=O) groups excluding carboxylic acids is 2. The summed E-state index contributed by atoms with van der Waals surface area (Å²) in [6.45, 7) is 3.30. The molecule has 0 saturated heterocycles. The number of amides is 3. The summed E-state index contributed by atoms with van der Waals surface area (Å²) >= 11 is 0. The Hall–Kier alpha value is -1.15. The van der Waals surface area contributed by atoms with Crippen molar-refractivity contribution in [3.05, 3.63) is 0 Å². The zero-order chi connectivity index (χ0) is 13.5. The molecule has 0 aliphatic carbocycles. The fourth-order valence-corrected chi connectivity index (χ4v) is 1.67. The predicted molar refractivity (Wildman–Crippen MR) is 64.4 cm³/mol. The number of hydrogen-bond acceptors (Lipinski definition) is 5. The van der Waals surface area contributed by atoms with Crippen LogP contribution in [-0.2, 0) is 14.6 Å². The highest BCUT2D eigenvalue weighted by Gasteiger charge is 2.15. The van der Waals surface area contributed by atoms with E-state index in [9.17, 15) is 18.0 Å². The molecule has 0 spiro atoms. The van der Waals surface area contributed by atoms with Gasteiger partial charge in [-0.1, -0.05) is 6.92 Å². The molecule has 8 heteroatoms. The molecule has 100 valence electrons. The van der Waals surface area contributed by atoms with E-state index in [0.29, 0.717) is 0 Å². The molecule has 3 amide bonds. The van der Waals surface area contributed by atoms with Gasteiger partial charge in [-0.15, -0.1) is 0 Å². The van der Waals surface area contributed by atoms with Crippen LogP contribution in [0.2, 0.25) is 0 Å². The second kappa shape index (κ2) is 7.23. The van der Waals surface area contributed by atoms with Crippen molar-refractivity contribution in [1.29, 1.82) is 0 Å². The second-order valence-electron chi connectivity index (χ2n) is 3.48. The van der Waals surface area contributed by atoms with Crippen molar-refractivity contribution < 1.29 is 18.0 Å². The van der Waals surface area contributed by atoms with Gasteiger partial charge in [0.15, 0.2) is 9.84 Å². The molecule has 3 N–H and O–H groups in total. The molecule has 0 heterocycles. The molecule has 7 nitrogen and oxygen atoms in total. The fourth-order valence-electron chi connectivity index (χ4n) is 0.951. The number of rotatable bonds is 6. The Kier molecular flexibility index (Phi) is 6.74. The molecule has 0 bridgehead atoms. The van der Waals surface area contributed by atoms with E-state index in [0.717, 1.165) is 0 Å². The maximum absolute atomic E-state index is 11.4. The van der Waals surface area contributed by atoms with Gasteiger partial charge in [0.1, 0.15) is 0 Å². The Morgan fingerprint density at radius 1 is 1.29 bits per heavy atom. The van der Waals surface area contributed by atoms with Gasteiger partial charge in [-0.2, -0.15) is 0 Å². The van der Waals surface area contributed by atoms with Crippen LogP contribution in [0.3, 0.4) is 0 Å². The summed E-state index contributed by atoms with van der Waals surface area (Å²) in [5, 5.41) is 7.07. The first-order valence-electron chi connectivity index (χ1n) is 5.28. The Morgan fingerprint density at radius 2 is 1.88 bits per heavy atom. The van der Waals surface area contributed by atoms with Crippen LogP contribution in [0, 0.1) is 0 Å². The average Bonchev–Trinajstić information content (AvgIpc) is 2.28. The van der Waals surface area contributed by atoms with Gasteiger partial charge < -0.3 is 10.6 Å². The van der Waals surface area contributed by atoms with Crippen LogP contribution in [0.1, 0.15) is 13.8 Å². The third-order valence-corrected chi connectivity index (χ3v) is 3.87. The number of nitrogens with one attached hydrogen (secondary N) is 3. The summed E-state index contributed by atoms with van der Waals surface area (Å²) in [6, 6.07) is -1.22. The molecule has 0 radical (unpaired) electrons. The highest BCUT2D eigenvalue weighted by atomic mass is 32.2. The standard InChI is InChI=1S/C9H19N3O4S/c1-4-17(15,16)6-5-11-7(2)8(13)12-9(14)10-3/h7,11H,4-6H2,1-3H3,(H2,10,12,13,14). The molecule has 0 rings (SSSR count). The Bertz CT molecular complexity index is 366. The van der Waals surface area contributed by atoms with Crippen LogP contribution in [0.4, 0.5) is 4.79 Å². The van der Waals surface area contributed by atoms with Crippen molar-refractivity contribution in [3.8, 4) is 0 Å². The third-order valence-electron chi connectivity index (χ3n) is 2.16. The molecule has 1 atom stereocenters.